The van der Waals surface area contributed by atoms with Gasteiger partial charge in [-0.15, -0.1) is 0 Å². The maximum Gasteiger partial charge on any atom is 0.265 e. The molecule has 0 aromatic heterocycles. The molecule has 2 aromatic rings. The molecule has 0 aliphatic heterocycles. The molecule has 1 amide bonds. The number of benzene rings is 2. The molecule has 4 heteroatoms. The number of hydrogen-bond donors (Lipinski definition) is 1. The first-order valence-electron chi connectivity index (χ1n) is 8.12. The molecule has 2 aromatic carbocycles. The van der Waals surface area contributed by atoms with E-state index in [0.717, 1.165) is 27.4 Å². The Morgan fingerprint density at radius 2 is 1.67 bits per heavy atom. The predicted octanol–water partition coefficient (Wildman–Crippen LogP) is 5.49. The Balaban J connectivity index is 2.11. The monoisotopic (exact) mass is 345 g/mol. The molecule has 1 unspecified atom stereocenters. The lowest BCUT2D eigenvalue weighted by Gasteiger charge is -2.18. The highest BCUT2D eigenvalue weighted by Crippen LogP contribution is 2.27. The number of para-hydroxylation sites is 1. The summed E-state index contributed by atoms with van der Waals surface area (Å²) in [5, 5.41) is 3.69. The van der Waals surface area contributed by atoms with Crippen LogP contribution in [-0.4, -0.2) is 12.0 Å². The van der Waals surface area contributed by atoms with E-state index in [4.69, 9.17) is 16.3 Å². The first-order chi connectivity index (χ1) is 11.3. The minimum absolute atomic E-state index is 0.173. The van der Waals surface area contributed by atoms with Crippen LogP contribution in [0.3, 0.4) is 0 Å². The van der Waals surface area contributed by atoms with Crippen molar-refractivity contribution >= 4 is 23.2 Å². The Bertz CT molecular complexity index is 717. The fourth-order valence-corrected chi connectivity index (χ4v) is 2.69. The Morgan fingerprint density at radius 3 is 2.25 bits per heavy atom. The van der Waals surface area contributed by atoms with Crippen molar-refractivity contribution in [2.24, 2.45) is 0 Å². The molecule has 0 aliphatic rings. The van der Waals surface area contributed by atoms with E-state index in [9.17, 15) is 4.79 Å². The van der Waals surface area contributed by atoms with E-state index in [-0.39, 0.29) is 5.91 Å². The van der Waals surface area contributed by atoms with Gasteiger partial charge in [-0.25, -0.2) is 0 Å². The number of ether oxygens (including phenoxy) is 1. The van der Waals surface area contributed by atoms with E-state index in [1.165, 1.54) is 0 Å². The number of rotatable bonds is 5. The van der Waals surface area contributed by atoms with E-state index in [1.54, 1.807) is 6.92 Å². The second-order valence-corrected chi connectivity index (χ2v) is 6.74. The lowest BCUT2D eigenvalue weighted by Crippen LogP contribution is -2.30. The number of carbonyl (C=O) groups is 1. The van der Waals surface area contributed by atoms with Crippen LogP contribution in [-0.2, 0) is 4.79 Å². The topological polar surface area (TPSA) is 38.3 Å². The fraction of sp³-hybridized carbons (Fsp3) is 0.350. The number of nitrogens with one attached hydrogen (secondary N) is 1. The normalized spacial score (nSPS) is 12.1. The summed E-state index contributed by atoms with van der Waals surface area (Å²) >= 11 is 6.17. The van der Waals surface area contributed by atoms with Gasteiger partial charge in [-0.05, 0) is 61.6 Å². The van der Waals surface area contributed by atoms with Crippen LogP contribution in [0.25, 0.3) is 0 Å². The Kier molecular flexibility index (Phi) is 5.89. The molecule has 1 N–H and O–H groups in total. The number of aryl methyl sites for hydroxylation is 2. The number of carbonyl (C=O) groups excluding carboxylic acids is 1. The fourth-order valence-electron chi connectivity index (χ4n) is 2.58. The summed E-state index contributed by atoms with van der Waals surface area (Å²) in [6, 6.07) is 11.5. The summed E-state index contributed by atoms with van der Waals surface area (Å²) in [5.41, 5.74) is 3.81. The van der Waals surface area contributed by atoms with Crippen molar-refractivity contribution in [1.82, 2.24) is 0 Å². The second kappa shape index (κ2) is 7.71. The predicted molar refractivity (Wildman–Crippen MR) is 100 cm³/mol. The minimum atomic E-state index is -0.606. The molecule has 0 saturated heterocycles. The van der Waals surface area contributed by atoms with Crippen LogP contribution in [0.1, 0.15) is 43.4 Å². The molecular weight excluding hydrogens is 322 g/mol. The summed E-state index contributed by atoms with van der Waals surface area (Å²) in [6.07, 6.45) is -0.606. The quantitative estimate of drug-likeness (QED) is 0.778. The molecule has 128 valence electrons. The van der Waals surface area contributed by atoms with Gasteiger partial charge in [-0.2, -0.15) is 0 Å². The molecule has 24 heavy (non-hydrogen) atoms. The van der Waals surface area contributed by atoms with Gasteiger partial charge in [-0.1, -0.05) is 43.6 Å². The smallest absolute Gasteiger partial charge is 0.265 e. The highest BCUT2D eigenvalue weighted by atomic mass is 35.5. The molecule has 1 atom stereocenters. The van der Waals surface area contributed by atoms with Crippen molar-refractivity contribution in [2.45, 2.75) is 46.6 Å². The first-order valence-corrected chi connectivity index (χ1v) is 8.50. The van der Waals surface area contributed by atoms with Gasteiger partial charge in [0.25, 0.3) is 5.91 Å². The van der Waals surface area contributed by atoms with E-state index >= 15 is 0 Å². The zero-order chi connectivity index (χ0) is 17.9. The lowest BCUT2D eigenvalue weighted by atomic mass is 10.0. The third kappa shape index (κ3) is 4.30. The van der Waals surface area contributed by atoms with Crippen LogP contribution in [0.15, 0.2) is 36.4 Å². The van der Waals surface area contributed by atoms with E-state index in [2.05, 4.69) is 19.2 Å². The Morgan fingerprint density at radius 1 is 1.08 bits per heavy atom. The van der Waals surface area contributed by atoms with Gasteiger partial charge in [0.15, 0.2) is 6.10 Å². The third-order valence-electron chi connectivity index (χ3n) is 3.93. The minimum Gasteiger partial charge on any atom is -0.481 e. The van der Waals surface area contributed by atoms with Crippen molar-refractivity contribution in [2.75, 3.05) is 5.32 Å². The average molecular weight is 346 g/mol. The number of halogens is 1. The van der Waals surface area contributed by atoms with E-state index in [1.807, 2.05) is 50.2 Å². The Hall–Kier alpha value is -2.00. The molecule has 0 heterocycles. The summed E-state index contributed by atoms with van der Waals surface area (Å²) < 4.78 is 5.79. The summed E-state index contributed by atoms with van der Waals surface area (Å²) in [6.45, 7) is 9.79. The van der Waals surface area contributed by atoms with Gasteiger partial charge in [0, 0.05) is 10.7 Å². The van der Waals surface area contributed by atoms with Gasteiger partial charge >= 0.3 is 0 Å². The van der Waals surface area contributed by atoms with E-state index < -0.39 is 6.10 Å². The Labute approximate surface area is 149 Å². The molecule has 2 rings (SSSR count). The number of amides is 1. The zero-order valence-corrected chi connectivity index (χ0v) is 15.6. The van der Waals surface area contributed by atoms with Crippen LogP contribution in [0, 0.1) is 13.8 Å². The summed E-state index contributed by atoms with van der Waals surface area (Å²) in [7, 11) is 0. The molecular formula is C20H24ClNO2. The maximum absolute atomic E-state index is 12.5. The van der Waals surface area contributed by atoms with Gasteiger partial charge in [0.2, 0.25) is 0 Å². The van der Waals surface area contributed by atoms with Crippen LogP contribution in [0.2, 0.25) is 5.02 Å². The molecule has 0 radical (unpaired) electrons. The summed E-state index contributed by atoms with van der Waals surface area (Å²) in [5.74, 6) is 0.807. The van der Waals surface area contributed by atoms with Gasteiger partial charge in [0.1, 0.15) is 5.75 Å². The van der Waals surface area contributed by atoms with Crippen LogP contribution in [0.4, 0.5) is 5.69 Å². The van der Waals surface area contributed by atoms with Gasteiger partial charge in [-0.3, -0.25) is 4.79 Å². The highest BCUT2D eigenvalue weighted by Gasteiger charge is 2.17. The largest absolute Gasteiger partial charge is 0.481 e. The summed E-state index contributed by atoms with van der Waals surface area (Å²) in [4.78, 5) is 12.5. The lowest BCUT2D eigenvalue weighted by molar-refractivity contribution is -0.122. The van der Waals surface area contributed by atoms with Crippen molar-refractivity contribution in [3.05, 3.63) is 58.1 Å². The second-order valence-electron chi connectivity index (χ2n) is 6.36. The average Bonchev–Trinajstić information content (AvgIpc) is 2.52. The first kappa shape index (κ1) is 18.3. The molecule has 0 saturated carbocycles. The molecule has 3 nitrogen and oxygen atoms in total. The van der Waals surface area contributed by atoms with Crippen LogP contribution >= 0.6 is 11.6 Å². The molecule has 0 bridgehead atoms. The maximum atomic E-state index is 12.5. The van der Waals surface area contributed by atoms with Crippen molar-refractivity contribution in [1.29, 1.82) is 0 Å². The molecule has 0 aliphatic carbocycles. The SMILES string of the molecule is Cc1cc(OC(C)C(=O)Nc2ccccc2C(C)C)cc(C)c1Cl. The molecule has 0 spiro atoms. The van der Waals surface area contributed by atoms with Gasteiger partial charge < -0.3 is 10.1 Å². The molecule has 0 fully saturated rings. The zero-order valence-electron chi connectivity index (χ0n) is 14.8. The number of hydrogen-bond acceptors (Lipinski definition) is 2. The third-order valence-corrected chi connectivity index (χ3v) is 4.53. The van der Waals surface area contributed by atoms with Crippen molar-refractivity contribution in [3.63, 3.8) is 0 Å². The highest BCUT2D eigenvalue weighted by molar-refractivity contribution is 6.32. The number of anilines is 1. The van der Waals surface area contributed by atoms with Gasteiger partial charge in [0.05, 0.1) is 0 Å². The van der Waals surface area contributed by atoms with Crippen LogP contribution < -0.4 is 10.1 Å². The van der Waals surface area contributed by atoms with Crippen molar-refractivity contribution in [3.8, 4) is 5.75 Å². The van der Waals surface area contributed by atoms with E-state index in [0.29, 0.717) is 11.7 Å². The van der Waals surface area contributed by atoms with Crippen molar-refractivity contribution < 1.29 is 9.53 Å². The van der Waals surface area contributed by atoms with Crippen LogP contribution in [0.5, 0.6) is 5.75 Å². The standard InChI is InChI=1S/C20H24ClNO2/c1-12(2)17-8-6-7-9-18(17)22-20(23)15(5)24-16-10-13(3)19(21)14(4)11-16/h6-12,15H,1-5H3,(H,22,23).